The zero-order valence-corrected chi connectivity index (χ0v) is 12.9. The molecule has 1 fully saturated rings. The van der Waals surface area contributed by atoms with E-state index >= 15 is 0 Å². The van der Waals surface area contributed by atoms with E-state index in [2.05, 4.69) is 6.92 Å². The second kappa shape index (κ2) is 9.73. The Hall–Kier alpha value is -1.14. The number of carbonyl (C=O) groups is 2. The molecule has 1 rings (SSSR count). The van der Waals surface area contributed by atoms with Crippen LogP contribution in [-0.2, 0) is 9.59 Å². The highest BCUT2D eigenvalue weighted by Gasteiger charge is 2.40. The van der Waals surface area contributed by atoms with Gasteiger partial charge in [-0.2, -0.15) is 0 Å². The number of likely N-dealkylation sites (tertiary alicyclic amines) is 1. The molecule has 1 aliphatic heterocycles. The van der Waals surface area contributed by atoms with Gasteiger partial charge in [-0.25, -0.2) is 5.48 Å². The number of rotatable bonds is 10. The van der Waals surface area contributed by atoms with Gasteiger partial charge in [-0.1, -0.05) is 19.8 Å². The molecule has 0 bridgehead atoms. The number of hydroxylamine groups is 1. The van der Waals surface area contributed by atoms with Crippen LogP contribution in [0.5, 0.6) is 0 Å². The summed E-state index contributed by atoms with van der Waals surface area (Å²) < 4.78 is 0. The summed E-state index contributed by atoms with van der Waals surface area (Å²) in [6.07, 6.45) is 5.67. The maximum Gasteiger partial charge on any atom is 0.244 e. The maximum atomic E-state index is 12.4. The summed E-state index contributed by atoms with van der Waals surface area (Å²) in [5.41, 5.74) is 1.63. The van der Waals surface area contributed by atoms with Gasteiger partial charge in [-0.15, -0.1) is 0 Å². The first-order chi connectivity index (χ1) is 10.1. The van der Waals surface area contributed by atoms with Crippen molar-refractivity contribution in [1.82, 2.24) is 10.4 Å². The Morgan fingerprint density at radius 3 is 2.71 bits per heavy atom. The van der Waals surface area contributed by atoms with Crippen molar-refractivity contribution in [2.45, 2.75) is 51.9 Å². The Balaban J connectivity index is 2.55. The molecule has 0 radical (unpaired) electrons. The van der Waals surface area contributed by atoms with Gasteiger partial charge in [0, 0.05) is 26.1 Å². The van der Waals surface area contributed by atoms with Crippen LogP contribution in [0.4, 0.5) is 0 Å². The van der Waals surface area contributed by atoms with Gasteiger partial charge in [-0.3, -0.25) is 14.8 Å². The summed E-state index contributed by atoms with van der Waals surface area (Å²) in [5.74, 6) is -0.560. The largest absolute Gasteiger partial charge is 0.396 e. The average Bonchev–Trinajstić information content (AvgIpc) is 2.78. The first kappa shape index (κ1) is 17.9. The number of aliphatic hydroxyl groups is 1. The number of nitrogens with zero attached hydrogens (tertiary/aromatic N) is 1. The second-order valence-electron chi connectivity index (χ2n) is 5.82. The van der Waals surface area contributed by atoms with E-state index in [9.17, 15) is 9.59 Å². The Bertz CT molecular complexity index is 336. The molecule has 2 atom stereocenters. The summed E-state index contributed by atoms with van der Waals surface area (Å²) in [7, 11) is 0. The molecule has 1 heterocycles. The smallest absolute Gasteiger partial charge is 0.244 e. The van der Waals surface area contributed by atoms with Gasteiger partial charge >= 0.3 is 0 Å². The van der Waals surface area contributed by atoms with Crippen LogP contribution in [0.25, 0.3) is 0 Å². The number of hydrogen-bond acceptors (Lipinski definition) is 4. The minimum absolute atomic E-state index is 0.0312. The molecule has 0 aromatic rings. The first-order valence-corrected chi connectivity index (χ1v) is 7.96. The van der Waals surface area contributed by atoms with Crippen molar-refractivity contribution in [3.8, 4) is 0 Å². The number of hydrogen-bond donors (Lipinski definition) is 3. The molecular formula is C15H28N2O4. The lowest BCUT2D eigenvalue weighted by molar-refractivity contribution is -0.137. The molecule has 0 aliphatic carbocycles. The van der Waals surface area contributed by atoms with Gasteiger partial charge in [0.15, 0.2) is 0 Å². The number of nitrogens with one attached hydrogen (secondary N) is 1. The fraction of sp³-hybridized carbons (Fsp3) is 0.867. The molecule has 6 nitrogen and oxygen atoms in total. The van der Waals surface area contributed by atoms with E-state index in [1.165, 1.54) is 0 Å². The van der Waals surface area contributed by atoms with E-state index in [1.54, 1.807) is 5.48 Å². The highest BCUT2D eigenvalue weighted by atomic mass is 16.5. The average molecular weight is 300 g/mol. The fourth-order valence-corrected chi connectivity index (χ4v) is 2.99. The van der Waals surface area contributed by atoms with Crippen molar-refractivity contribution in [3.63, 3.8) is 0 Å². The molecule has 1 saturated heterocycles. The van der Waals surface area contributed by atoms with Crippen LogP contribution in [0.1, 0.15) is 51.9 Å². The molecule has 0 aromatic carbocycles. The number of carbonyl (C=O) groups excluding carboxylic acids is 2. The summed E-state index contributed by atoms with van der Waals surface area (Å²) in [6.45, 7) is 3.70. The highest BCUT2D eigenvalue weighted by molar-refractivity contribution is 5.87. The molecule has 1 aliphatic rings. The lowest BCUT2D eigenvalue weighted by Crippen LogP contribution is -2.31. The van der Waals surface area contributed by atoms with Crippen molar-refractivity contribution in [2.24, 2.45) is 11.8 Å². The lowest BCUT2D eigenvalue weighted by atomic mass is 9.88. The van der Waals surface area contributed by atoms with Gasteiger partial charge < -0.3 is 10.0 Å². The molecule has 3 N–H and O–H groups in total. The van der Waals surface area contributed by atoms with Gasteiger partial charge in [0.2, 0.25) is 11.8 Å². The topological polar surface area (TPSA) is 89.9 Å². The van der Waals surface area contributed by atoms with Gasteiger partial charge in [0.05, 0.1) is 5.92 Å². The molecule has 0 spiro atoms. The van der Waals surface area contributed by atoms with E-state index in [1.807, 2.05) is 4.90 Å². The minimum Gasteiger partial charge on any atom is -0.396 e. The van der Waals surface area contributed by atoms with Crippen LogP contribution >= 0.6 is 0 Å². The van der Waals surface area contributed by atoms with Crippen LogP contribution in [0.2, 0.25) is 0 Å². The normalized spacial score (nSPS) is 21.9. The van der Waals surface area contributed by atoms with Crippen LogP contribution in [0, 0.1) is 11.8 Å². The molecule has 2 amide bonds. The van der Waals surface area contributed by atoms with Crippen molar-refractivity contribution in [3.05, 3.63) is 0 Å². The minimum atomic E-state index is -0.489. The standard InChI is InChI=1S/C15H28N2O4/c1-2-3-7-12-11-17(8-5-4-6-9-18)15(20)13(12)10-14(19)16-21/h12-13,18,21H,2-11H2,1H3,(H,16,19)/t12-,13+/m0/s1. The number of unbranched alkanes of at least 4 members (excludes halogenated alkanes) is 3. The van der Waals surface area contributed by atoms with E-state index in [-0.39, 0.29) is 30.8 Å². The van der Waals surface area contributed by atoms with E-state index < -0.39 is 5.91 Å². The van der Waals surface area contributed by atoms with Crippen LogP contribution in [-0.4, -0.2) is 46.7 Å². The third-order valence-corrected chi connectivity index (χ3v) is 4.20. The molecule has 0 aromatic heterocycles. The second-order valence-corrected chi connectivity index (χ2v) is 5.82. The summed E-state index contributed by atoms with van der Waals surface area (Å²) >= 11 is 0. The Labute approximate surface area is 126 Å². The third kappa shape index (κ3) is 5.63. The monoisotopic (exact) mass is 300 g/mol. The summed E-state index contributed by atoms with van der Waals surface area (Å²) in [5, 5.41) is 17.4. The van der Waals surface area contributed by atoms with E-state index in [4.69, 9.17) is 10.3 Å². The zero-order valence-electron chi connectivity index (χ0n) is 12.9. The van der Waals surface area contributed by atoms with Gasteiger partial charge in [-0.05, 0) is 31.6 Å². The van der Waals surface area contributed by atoms with Crippen molar-refractivity contribution in [2.75, 3.05) is 19.7 Å². The lowest BCUT2D eigenvalue weighted by Gasteiger charge is -2.16. The highest BCUT2D eigenvalue weighted by Crippen LogP contribution is 2.31. The Morgan fingerprint density at radius 2 is 2.10 bits per heavy atom. The van der Waals surface area contributed by atoms with Crippen molar-refractivity contribution in [1.29, 1.82) is 0 Å². The zero-order chi connectivity index (χ0) is 15.7. The van der Waals surface area contributed by atoms with Crippen molar-refractivity contribution >= 4 is 11.8 Å². The predicted molar refractivity (Wildman–Crippen MR) is 78.6 cm³/mol. The molecule has 21 heavy (non-hydrogen) atoms. The first-order valence-electron chi connectivity index (χ1n) is 7.96. The molecule has 0 unspecified atom stereocenters. The van der Waals surface area contributed by atoms with Crippen LogP contribution in [0.3, 0.4) is 0 Å². The third-order valence-electron chi connectivity index (χ3n) is 4.20. The number of aliphatic hydroxyl groups excluding tert-OH is 1. The fourth-order valence-electron chi connectivity index (χ4n) is 2.99. The van der Waals surface area contributed by atoms with Gasteiger partial charge in [0.1, 0.15) is 0 Å². The summed E-state index contributed by atoms with van der Waals surface area (Å²) in [6, 6.07) is 0. The quantitative estimate of drug-likeness (QED) is 0.322. The van der Waals surface area contributed by atoms with Crippen LogP contribution in [0.15, 0.2) is 0 Å². The Kier molecular flexibility index (Phi) is 8.30. The maximum absolute atomic E-state index is 12.4. The number of amides is 2. The molecular weight excluding hydrogens is 272 g/mol. The van der Waals surface area contributed by atoms with Gasteiger partial charge in [0.25, 0.3) is 0 Å². The molecule has 122 valence electrons. The predicted octanol–water partition coefficient (Wildman–Crippen LogP) is 1.31. The SMILES string of the molecule is CCCC[C@H]1CN(CCCCCO)C(=O)[C@@H]1CC(=O)NO. The van der Waals surface area contributed by atoms with E-state index in [0.29, 0.717) is 13.1 Å². The Morgan fingerprint density at radius 1 is 1.33 bits per heavy atom. The van der Waals surface area contributed by atoms with E-state index in [0.717, 1.165) is 38.5 Å². The molecule has 0 saturated carbocycles. The van der Waals surface area contributed by atoms with Crippen LogP contribution < -0.4 is 5.48 Å². The summed E-state index contributed by atoms with van der Waals surface area (Å²) in [4.78, 5) is 25.6. The van der Waals surface area contributed by atoms with Crippen molar-refractivity contribution < 1.29 is 19.9 Å². The molecule has 6 heteroatoms.